The van der Waals surface area contributed by atoms with E-state index in [-0.39, 0.29) is 18.3 Å². The molecule has 0 aromatic heterocycles. The number of nitrogens with zero attached hydrogens (tertiary/aromatic N) is 1. The van der Waals surface area contributed by atoms with Gasteiger partial charge in [0.15, 0.2) is 11.4 Å². The van der Waals surface area contributed by atoms with Crippen LogP contribution in [0.4, 0.5) is 5.69 Å². The van der Waals surface area contributed by atoms with E-state index in [1.807, 2.05) is 54.3 Å². The third kappa shape index (κ3) is 3.89. The van der Waals surface area contributed by atoms with Gasteiger partial charge in [0.25, 0.3) is 5.91 Å². The maximum absolute atomic E-state index is 12.6. The first-order valence-electron chi connectivity index (χ1n) is 8.03. The lowest BCUT2D eigenvalue weighted by molar-refractivity contribution is -0.837. The van der Waals surface area contributed by atoms with Gasteiger partial charge >= 0.3 is 0 Å². The van der Waals surface area contributed by atoms with Gasteiger partial charge in [-0.1, -0.05) is 29.8 Å². The third-order valence-electron chi connectivity index (χ3n) is 4.41. The Kier molecular flexibility index (Phi) is 6.23. The van der Waals surface area contributed by atoms with Gasteiger partial charge in [-0.2, -0.15) is 0 Å². The van der Waals surface area contributed by atoms with Crippen LogP contribution in [0.1, 0.15) is 15.9 Å². The summed E-state index contributed by atoms with van der Waals surface area (Å²) in [6.45, 7) is 5.34. The Morgan fingerprint density at radius 1 is 1.08 bits per heavy atom. The fraction of sp³-hybridized carbons (Fsp3) is 0.316. The summed E-state index contributed by atoms with van der Waals surface area (Å²) in [5.74, 6) is 1.05. The maximum atomic E-state index is 12.6. The topological polar surface area (TPSA) is 34.0 Å². The summed E-state index contributed by atoms with van der Waals surface area (Å²) >= 11 is 0. The molecule has 4 nitrogen and oxygen atoms in total. The van der Waals surface area contributed by atoms with Crippen LogP contribution in [0.3, 0.4) is 0 Å². The summed E-state index contributed by atoms with van der Waals surface area (Å²) in [5.41, 5.74) is 3.08. The van der Waals surface area contributed by atoms with Gasteiger partial charge in [-0.05, 0) is 25.1 Å². The highest BCUT2D eigenvalue weighted by Gasteiger charge is 2.27. The van der Waals surface area contributed by atoms with Gasteiger partial charge in [-0.25, -0.2) is 0 Å². The molecule has 5 heteroatoms. The number of hydrogen-bond acceptors (Lipinski definition) is 2. The van der Waals surface area contributed by atoms with Crippen molar-refractivity contribution in [2.24, 2.45) is 0 Å². The molecular formula is C19H23ClN2O2. The van der Waals surface area contributed by atoms with Crippen molar-refractivity contribution in [1.82, 2.24) is 4.90 Å². The van der Waals surface area contributed by atoms with Gasteiger partial charge in [-0.15, -0.1) is 0 Å². The SMILES string of the molecule is COc1ccccc1[NH+]1CCN(C(=O)c2cccc(C)c2)CC1.[Cl-]. The van der Waals surface area contributed by atoms with E-state index in [2.05, 4.69) is 6.07 Å². The molecule has 0 unspecified atom stereocenters. The number of carbonyl (C=O) groups is 1. The number of para-hydroxylation sites is 2. The van der Waals surface area contributed by atoms with Gasteiger partial charge in [0.05, 0.1) is 33.3 Å². The average Bonchev–Trinajstić information content (AvgIpc) is 2.61. The quantitative estimate of drug-likeness (QED) is 0.748. The number of aryl methyl sites for hydroxylation is 1. The van der Waals surface area contributed by atoms with Crippen LogP contribution in [0.15, 0.2) is 48.5 Å². The van der Waals surface area contributed by atoms with E-state index in [0.717, 1.165) is 43.1 Å². The van der Waals surface area contributed by atoms with Crippen molar-refractivity contribution in [1.29, 1.82) is 0 Å². The number of nitrogens with one attached hydrogen (secondary N) is 1. The number of ether oxygens (including phenoxy) is 1. The number of amides is 1. The largest absolute Gasteiger partial charge is 1.00 e. The summed E-state index contributed by atoms with van der Waals surface area (Å²) in [6, 6.07) is 15.9. The molecule has 1 heterocycles. The molecule has 1 aliphatic rings. The van der Waals surface area contributed by atoms with Crippen LogP contribution in [-0.2, 0) is 0 Å². The predicted octanol–water partition coefficient (Wildman–Crippen LogP) is -1.32. The van der Waals surface area contributed by atoms with Gasteiger partial charge in [-0.3, -0.25) is 9.69 Å². The van der Waals surface area contributed by atoms with Crippen molar-refractivity contribution < 1.29 is 26.8 Å². The molecular weight excluding hydrogens is 324 g/mol. The van der Waals surface area contributed by atoms with Crippen LogP contribution < -0.4 is 22.0 Å². The van der Waals surface area contributed by atoms with Crippen LogP contribution in [-0.4, -0.2) is 44.1 Å². The number of hydrogen-bond donors (Lipinski definition) is 1. The van der Waals surface area contributed by atoms with Crippen molar-refractivity contribution in [2.45, 2.75) is 6.92 Å². The number of halogens is 1. The Labute approximate surface area is 149 Å². The molecule has 2 aromatic rings. The molecule has 0 spiro atoms. The molecule has 2 aromatic carbocycles. The minimum atomic E-state index is 0. The van der Waals surface area contributed by atoms with Crippen molar-refractivity contribution in [3.63, 3.8) is 0 Å². The Morgan fingerprint density at radius 3 is 2.46 bits per heavy atom. The van der Waals surface area contributed by atoms with Crippen LogP contribution in [0, 0.1) is 6.92 Å². The molecule has 0 radical (unpaired) electrons. The molecule has 0 aliphatic carbocycles. The third-order valence-corrected chi connectivity index (χ3v) is 4.41. The fourth-order valence-corrected chi connectivity index (χ4v) is 3.15. The number of rotatable bonds is 3. The summed E-state index contributed by atoms with van der Waals surface area (Å²) in [5, 5.41) is 0. The molecule has 3 rings (SSSR count). The van der Waals surface area contributed by atoms with E-state index in [0.29, 0.717) is 0 Å². The molecule has 0 saturated carbocycles. The normalized spacial score (nSPS) is 14.8. The van der Waals surface area contributed by atoms with E-state index in [9.17, 15) is 4.79 Å². The minimum absolute atomic E-state index is 0. The van der Waals surface area contributed by atoms with E-state index in [1.54, 1.807) is 7.11 Å². The first kappa shape index (κ1) is 18.3. The second-order valence-electron chi connectivity index (χ2n) is 5.97. The lowest BCUT2D eigenvalue weighted by Crippen LogP contribution is -3.10. The zero-order valence-electron chi connectivity index (χ0n) is 14.1. The molecule has 1 N–H and O–H groups in total. The van der Waals surface area contributed by atoms with Crippen LogP contribution in [0.5, 0.6) is 5.75 Å². The fourth-order valence-electron chi connectivity index (χ4n) is 3.15. The van der Waals surface area contributed by atoms with E-state index in [4.69, 9.17) is 4.74 Å². The van der Waals surface area contributed by atoms with Gasteiger partial charge in [0, 0.05) is 11.6 Å². The molecule has 1 amide bonds. The molecule has 1 aliphatic heterocycles. The Morgan fingerprint density at radius 2 is 1.79 bits per heavy atom. The summed E-state index contributed by atoms with van der Waals surface area (Å²) in [6.07, 6.45) is 0. The highest BCUT2D eigenvalue weighted by molar-refractivity contribution is 5.94. The molecule has 0 bridgehead atoms. The standard InChI is InChI=1S/C19H22N2O2.ClH/c1-15-6-5-7-16(14-15)19(22)21-12-10-20(11-13-21)17-8-3-4-9-18(17)23-2;/h3-9,14H,10-13H2,1-2H3;1H. The first-order valence-corrected chi connectivity index (χ1v) is 8.03. The zero-order valence-corrected chi connectivity index (χ0v) is 14.8. The van der Waals surface area contributed by atoms with Crippen molar-refractivity contribution in [2.75, 3.05) is 33.3 Å². The number of quaternary nitrogens is 1. The molecule has 128 valence electrons. The number of piperazine rings is 1. The number of benzene rings is 2. The first-order chi connectivity index (χ1) is 11.2. The van der Waals surface area contributed by atoms with E-state index >= 15 is 0 Å². The summed E-state index contributed by atoms with van der Waals surface area (Å²) in [7, 11) is 1.70. The molecule has 1 fully saturated rings. The molecule has 0 atom stereocenters. The zero-order chi connectivity index (χ0) is 16.2. The average molecular weight is 347 g/mol. The highest BCUT2D eigenvalue weighted by Crippen LogP contribution is 2.19. The van der Waals surface area contributed by atoms with Crippen LogP contribution >= 0.6 is 0 Å². The van der Waals surface area contributed by atoms with E-state index < -0.39 is 0 Å². The Bertz CT molecular complexity index is 697. The monoisotopic (exact) mass is 346 g/mol. The predicted molar refractivity (Wildman–Crippen MR) is 90.4 cm³/mol. The van der Waals surface area contributed by atoms with Crippen LogP contribution in [0.25, 0.3) is 0 Å². The molecule has 1 saturated heterocycles. The lowest BCUT2D eigenvalue weighted by Gasteiger charge is -2.32. The highest BCUT2D eigenvalue weighted by atomic mass is 35.5. The van der Waals surface area contributed by atoms with Gasteiger partial charge in [0.1, 0.15) is 0 Å². The van der Waals surface area contributed by atoms with E-state index in [1.165, 1.54) is 10.6 Å². The molecule has 24 heavy (non-hydrogen) atoms. The van der Waals surface area contributed by atoms with Crippen LogP contribution in [0.2, 0.25) is 0 Å². The van der Waals surface area contributed by atoms with Crippen molar-refractivity contribution >= 4 is 11.6 Å². The Hall–Kier alpha value is -2.04. The lowest BCUT2D eigenvalue weighted by atomic mass is 10.1. The summed E-state index contributed by atoms with van der Waals surface area (Å²) in [4.78, 5) is 15.9. The second kappa shape index (κ2) is 8.18. The van der Waals surface area contributed by atoms with Crippen molar-refractivity contribution in [3.8, 4) is 5.75 Å². The summed E-state index contributed by atoms with van der Waals surface area (Å²) < 4.78 is 5.45. The number of carbonyl (C=O) groups excluding carboxylic acids is 1. The second-order valence-corrected chi connectivity index (χ2v) is 5.97. The van der Waals surface area contributed by atoms with Gasteiger partial charge < -0.3 is 22.0 Å². The smallest absolute Gasteiger partial charge is 0.254 e. The Balaban J connectivity index is 0.00000208. The van der Waals surface area contributed by atoms with Gasteiger partial charge in [0.2, 0.25) is 0 Å². The van der Waals surface area contributed by atoms with Crippen molar-refractivity contribution in [3.05, 3.63) is 59.7 Å². The maximum Gasteiger partial charge on any atom is 0.254 e. The number of methoxy groups -OCH3 is 1. The minimum Gasteiger partial charge on any atom is -1.00 e.